The topological polar surface area (TPSA) is 37.8 Å². The molecule has 1 aromatic heterocycles. The summed E-state index contributed by atoms with van der Waals surface area (Å²) in [6.45, 7) is 3.37. The van der Waals surface area contributed by atoms with Gasteiger partial charge in [-0.3, -0.25) is 0 Å². The molecule has 3 nitrogen and oxygen atoms in total. The Kier molecular flexibility index (Phi) is 4.41. The number of thioether (sulfide) groups is 1. The highest BCUT2D eigenvalue weighted by Crippen LogP contribution is 2.35. The van der Waals surface area contributed by atoms with Crippen molar-refractivity contribution in [3.05, 3.63) is 6.33 Å². The zero-order valence-corrected chi connectivity index (χ0v) is 10.6. The lowest BCUT2D eigenvalue weighted by Crippen LogP contribution is -2.27. The van der Waals surface area contributed by atoms with Crippen molar-refractivity contribution in [2.75, 3.05) is 6.54 Å². The average Bonchev–Trinajstić information content (AvgIpc) is 2.87. The molecule has 2 unspecified atom stereocenters. The minimum absolute atomic E-state index is 0.732. The Balaban J connectivity index is 1.73. The van der Waals surface area contributed by atoms with Gasteiger partial charge in [0.1, 0.15) is 6.33 Å². The molecular weight excluding hydrogens is 226 g/mol. The highest BCUT2D eigenvalue weighted by Gasteiger charge is 2.25. The van der Waals surface area contributed by atoms with E-state index in [1.54, 1.807) is 6.33 Å². The number of rotatable bonds is 5. The fourth-order valence-corrected chi connectivity index (χ4v) is 3.90. The molecule has 0 bridgehead atoms. The highest BCUT2D eigenvalue weighted by molar-refractivity contribution is 8.01. The molecule has 0 radical (unpaired) electrons. The number of hydrogen-bond donors (Lipinski definition) is 1. The molecule has 2 rings (SSSR count). The second-order valence-electron chi connectivity index (χ2n) is 3.91. The summed E-state index contributed by atoms with van der Waals surface area (Å²) >= 11 is 3.41. The normalized spacial score (nSPS) is 25.9. The Morgan fingerprint density at radius 3 is 3.27 bits per heavy atom. The number of aromatic nitrogens is 2. The molecule has 15 heavy (non-hydrogen) atoms. The lowest BCUT2D eigenvalue weighted by Gasteiger charge is -2.11. The van der Waals surface area contributed by atoms with Crippen LogP contribution >= 0.6 is 23.3 Å². The maximum atomic E-state index is 4.22. The zero-order chi connectivity index (χ0) is 10.5. The Labute approximate surface area is 99.2 Å². The Morgan fingerprint density at radius 2 is 2.53 bits per heavy atom. The van der Waals surface area contributed by atoms with Crippen LogP contribution in [0.3, 0.4) is 0 Å². The van der Waals surface area contributed by atoms with Crippen molar-refractivity contribution < 1.29 is 0 Å². The van der Waals surface area contributed by atoms with Crippen LogP contribution in [0, 0.1) is 0 Å². The van der Waals surface area contributed by atoms with Gasteiger partial charge in [-0.2, -0.15) is 4.37 Å². The van der Waals surface area contributed by atoms with Gasteiger partial charge in [-0.25, -0.2) is 4.98 Å². The van der Waals surface area contributed by atoms with Crippen molar-refractivity contribution in [2.24, 2.45) is 0 Å². The van der Waals surface area contributed by atoms with Gasteiger partial charge in [-0.15, -0.1) is 0 Å². The zero-order valence-electron chi connectivity index (χ0n) is 8.98. The minimum atomic E-state index is 0.732. The summed E-state index contributed by atoms with van der Waals surface area (Å²) in [5.74, 6) is 0. The van der Waals surface area contributed by atoms with Gasteiger partial charge in [-0.05, 0) is 43.8 Å². The van der Waals surface area contributed by atoms with Crippen LogP contribution in [0.5, 0.6) is 0 Å². The van der Waals surface area contributed by atoms with Gasteiger partial charge >= 0.3 is 0 Å². The first-order valence-corrected chi connectivity index (χ1v) is 7.20. The summed E-state index contributed by atoms with van der Waals surface area (Å²) in [6.07, 6.45) is 6.78. The van der Waals surface area contributed by atoms with E-state index in [1.807, 2.05) is 11.8 Å². The third-order valence-corrected chi connectivity index (χ3v) is 4.72. The predicted molar refractivity (Wildman–Crippen MR) is 65.5 cm³/mol. The van der Waals surface area contributed by atoms with Gasteiger partial charge in [0.15, 0.2) is 4.34 Å². The van der Waals surface area contributed by atoms with Crippen molar-refractivity contribution in [1.29, 1.82) is 0 Å². The van der Waals surface area contributed by atoms with E-state index in [0.717, 1.165) is 22.2 Å². The highest BCUT2D eigenvalue weighted by atomic mass is 32.2. The summed E-state index contributed by atoms with van der Waals surface area (Å²) in [4.78, 5) is 4.22. The first kappa shape index (κ1) is 11.4. The summed E-state index contributed by atoms with van der Waals surface area (Å²) in [5, 5.41) is 4.34. The summed E-state index contributed by atoms with van der Waals surface area (Å²) in [7, 11) is 0. The summed E-state index contributed by atoms with van der Waals surface area (Å²) < 4.78 is 5.15. The van der Waals surface area contributed by atoms with E-state index in [0.29, 0.717) is 0 Å². The number of nitrogens with one attached hydrogen (secondary N) is 1. The van der Waals surface area contributed by atoms with E-state index < -0.39 is 0 Å². The lowest BCUT2D eigenvalue weighted by atomic mass is 10.2. The van der Waals surface area contributed by atoms with Crippen molar-refractivity contribution in [1.82, 2.24) is 14.7 Å². The van der Waals surface area contributed by atoms with Crippen LogP contribution in [-0.2, 0) is 0 Å². The Bertz CT molecular complexity index is 276. The monoisotopic (exact) mass is 243 g/mol. The van der Waals surface area contributed by atoms with E-state index in [4.69, 9.17) is 0 Å². The molecular formula is C10H17N3S2. The van der Waals surface area contributed by atoms with Gasteiger partial charge in [-0.1, -0.05) is 18.7 Å². The largest absolute Gasteiger partial charge is 0.314 e. The quantitative estimate of drug-likeness (QED) is 0.862. The lowest BCUT2D eigenvalue weighted by molar-refractivity contribution is 0.524. The van der Waals surface area contributed by atoms with Crippen molar-refractivity contribution in [3.63, 3.8) is 0 Å². The molecule has 1 aromatic rings. The second-order valence-corrected chi connectivity index (χ2v) is 6.24. The molecule has 5 heteroatoms. The number of hydrogen-bond acceptors (Lipinski definition) is 5. The van der Waals surface area contributed by atoms with E-state index in [1.165, 1.54) is 37.2 Å². The molecule has 1 saturated carbocycles. The predicted octanol–water partition coefficient (Wildman–Crippen LogP) is 2.55. The number of nitrogens with zero attached hydrogens (tertiary/aromatic N) is 2. The first-order chi connectivity index (χ1) is 7.38. The van der Waals surface area contributed by atoms with Crippen molar-refractivity contribution >= 4 is 23.3 Å². The average molecular weight is 243 g/mol. The van der Waals surface area contributed by atoms with Crippen LogP contribution in [0.1, 0.15) is 32.6 Å². The molecule has 0 aliphatic heterocycles. The van der Waals surface area contributed by atoms with Crippen LogP contribution in [0.25, 0.3) is 0 Å². The molecule has 1 N–H and O–H groups in total. The summed E-state index contributed by atoms with van der Waals surface area (Å²) in [6, 6.07) is 0.732. The smallest absolute Gasteiger partial charge is 0.170 e. The van der Waals surface area contributed by atoms with Gasteiger partial charge in [0.05, 0.1) is 0 Å². The minimum Gasteiger partial charge on any atom is -0.314 e. The van der Waals surface area contributed by atoms with Gasteiger partial charge in [0.2, 0.25) is 0 Å². The molecule has 1 aliphatic rings. The third kappa shape index (κ3) is 3.43. The Morgan fingerprint density at radius 1 is 1.60 bits per heavy atom. The molecule has 0 saturated heterocycles. The first-order valence-electron chi connectivity index (χ1n) is 5.55. The van der Waals surface area contributed by atoms with E-state index in [9.17, 15) is 0 Å². The SMILES string of the molecule is CCCNC1CCC(Sc2ncns2)C1. The molecule has 0 aromatic carbocycles. The molecule has 84 valence electrons. The van der Waals surface area contributed by atoms with Crippen LogP contribution in [0.2, 0.25) is 0 Å². The van der Waals surface area contributed by atoms with E-state index >= 15 is 0 Å². The van der Waals surface area contributed by atoms with Crippen molar-refractivity contribution in [3.8, 4) is 0 Å². The van der Waals surface area contributed by atoms with E-state index in [-0.39, 0.29) is 0 Å². The standard InChI is InChI=1S/C10H17N3S2/c1-2-5-11-8-3-4-9(6-8)14-10-12-7-13-15-10/h7-9,11H,2-6H2,1H3. The molecule has 2 atom stereocenters. The molecule has 1 fully saturated rings. The van der Waals surface area contributed by atoms with Gasteiger partial charge in [0.25, 0.3) is 0 Å². The third-order valence-electron chi connectivity index (χ3n) is 2.68. The van der Waals surface area contributed by atoms with Crippen LogP contribution in [0.15, 0.2) is 10.7 Å². The molecule has 1 aliphatic carbocycles. The maximum Gasteiger partial charge on any atom is 0.170 e. The second kappa shape index (κ2) is 5.82. The van der Waals surface area contributed by atoms with Gasteiger partial charge < -0.3 is 5.32 Å². The van der Waals surface area contributed by atoms with E-state index in [2.05, 4.69) is 21.6 Å². The fraction of sp³-hybridized carbons (Fsp3) is 0.800. The molecule has 0 spiro atoms. The van der Waals surface area contributed by atoms with Crippen LogP contribution in [0.4, 0.5) is 0 Å². The van der Waals surface area contributed by atoms with Crippen LogP contribution in [-0.4, -0.2) is 27.2 Å². The molecule has 0 amide bonds. The maximum absolute atomic E-state index is 4.22. The fourth-order valence-electron chi connectivity index (χ4n) is 1.94. The van der Waals surface area contributed by atoms with Crippen LogP contribution < -0.4 is 5.32 Å². The summed E-state index contributed by atoms with van der Waals surface area (Å²) in [5.41, 5.74) is 0. The van der Waals surface area contributed by atoms with Gasteiger partial charge in [0, 0.05) is 11.3 Å². The Hall–Kier alpha value is -0.130. The molecule has 1 heterocycles. The van der Waals surface area contributed by atoms with Crippen molar-refractivity contribution in [2.45, 2.75) is 48.2 Å².